The van der Waals surface area contributed by atoms with Crippen LogP contribution >= 0.6 is 0 Å². The van der Waals surface area contributed by atoms with E-state index in [1.165, 1.54) is 45.1 Å². The number of quaternary nitrogens is 1. The van der Waals surface area contributed by atoms with Crippen molar-refractivity contribution < 1.29 is 24.6 Å². The van der Waals surface area contributed by atoms with Gasteiger partial charge in [-0.3, -0.25) is 0 Å². The second-order valence-corrected chi connectivity index (χ2v) is 9.50. The van der Waals surface area contributed by atoms with Gasteiger partial charge < -0.3 is 24.6 Å². The fraction of sp³-hybridized carbons (Fsp3) is 0.739. The quantitative estimate of drug-likeness (QED) is 0.644. The van der Waals surface area contributed by atoms with Crippen molar-refractivity contribution in [3.63, 3.8) is 0 Å². The second-order valence-electron chi connectivity index (χ2n) is 9.50. The van der Waals surface area contributed by atoms with Crippen LogP contribution in [-0.4, -0.2) is 45.1 Å². The van der Waals surface area contributed by atoms with Crippen LogP contribution in [0.3, 0.4) is 0 Å². The molecule has 4 aliphatic rings. The first-order chi connectivity index (χ1) is 13.6. The van der Waals surface area contributed by atoms with Crippen molar-refractivity contribution in [2.24, 2.45) is 23.2 Å². The largest absolute Gasteiger partial charge is 0.493 e. The van der Waals surface area contributed by atoms with Crippen LogP contribution in [0, 0.1) is 23.2 Å². The summed E-state index contributed by atoms with van der Waals surface area (Å²) in [7, 11) is 3.26. The molecule has 0 unspecified atom stereocenters. The first-order valence-electron chi connectivity index (χ1n) is 10.9. The Morgan fingerprint density at radius 1 is 1.04 bits per heavy atom. The van der Waals surface area contributed by atoms with E-state index < -0.39 is 6.10 Å². The molecule has 0 aromatic heterocycles. The van der Waals surface area contributed by atoms with E-state index in [-0.39, 0.29) is 0 Å². The summed E-state index contributed by atoms with van der Waals surface area (Å²) in [6.45, 7) is 2.75. The monoisotopic (exact) mass is 390 g/mol. The van der Waals surface area contributed by atoms with Crippen molar-refractivity contribution in [1.82, 2.24) is 0 Å². The minimum absolute atomic E-state index is 0.367. The molecule has 5 rings (SSSR count). The van der Waals surface area contributed by atoms with Gasteiger partial charge in [-0.2, -0.15) is 0 Å². The molecule has 4 saturated carbocycles. The Labute approximate surface area is 168 Å². The summed E-state index contributed by atoms with van der Waals surface area (Å²) >= 11 is 0. The van der Waals surface area contributed by atoms with Crippen LogP contribution in [0.15, 0.2) is 18.2 Å². The first-order valence-corrected chi connectivity index (χ1v) is 10.9. The van der Waals surface area contributed by atoms with E-state index in [4.69, 9.17) is 14.2 Å². The highest BCUT2D eigenvalue weighted by Crippen LogP contribution is 2.59. The highest BCUT2D eigenvalue weighted by Gasteiger charge is 2.51. The molecule has 5 heteroatoms. The lowest BCUT2D eigenvalue weighted by Crippen LogP contribution is -2.89. The second kappa shape index (κ2) is 8.60. The molecule has 28 heavy (non-hydrogen) atoms. The number of aliphatic hydroxyl groups excluding tert-OH is 1. The predicted molar refractivity (Wildman–Crippen MR) is 107 cm³/mol. The Kier molecular flexibility index (Phi) is 6.14. The normalized spacial score (nSPS) is 31.8. The number of hydrogen-bond acceptors (Lipinski definition) is 4. The smallest absolute Gasteiger partial charge is 0.161 e. The molecule has 156 valence electrons. The standard InChI is InChI=1S/C23H35NO4/c1-26-21-4-3-16(8-22(21)27-2)13-28-14-20(25)12-24-15-23-9-17-5-18(10-23)7-19(6-17)11-23/h3-4,8,17-20,24-25H,5-7,9-15H2,1-2H3/p+1/t17?,18?,19?,20-,23?/m1/s1. The summed E-state index contributed by atoms with van der Waals surface area (Å²) in [6.07, 6.45) is 8.35. The Morgan fingerprint density at radius 2 is 1.68 bits per heavy atom. The maximum atomic E-state index is 10.3. The lowest BCUT2D eigenvalue weighted by atomic mass is 9.49. The Morgan fingerprint density at radius 3 is 2.29 bits per heavy atom. The zero-order chi connectivity index (χ0) is 19.6. The van der Waals surface area contributed by atoms with Crippen molar-refractivity contribution in [2.75, 3.05) is 33.9 Å². The summed E-state index contributed by atoms with van der Waals surface area (Å²) < 4.78 is 16.3. The number of ether oxygens (including phenoxy) is 3. The van der Waals surface area contributed by atoms with Gasteiger partial charge in [-0.1, -0.05) is 6.07 Å². The lowest BCUT2D eigenvalue weighted by molar-refractivity contribution is -0.675. The molecule has 4 fully saturated rings. The van der Waals surface area contributed by atoms with Gasteiger partial charge in [-0.15, -0.1) is 0 Å². The van der Waals surface area contributed by atoms with Gasteiger partial charge in [0.2, 0.25) is 0 Å². The van der Waals surface area contributed by atoms with Crippen LogP contribution in [0.5, 0.6) is 11.5 Å². The van der Waals surface area contributed by atoms with Crippen LogP contribution in [0.4, 0.5) is 0 Å². The molecule has 4 aliphatic carbocycles. The minimum atomic E-state index is -0.422. The molecule has 4 bridgehead atoms. The zero-order valence-electron chi connectivity index (χ0n) is 17.4. The van der Waals surface area contributed by atoms with Gasteiger partial charge in [-0.05, 0) is 74.0 Å². The molecule has 0 spiro atoms. The molecule has 1 aromatic rings. The molecule has 5 nitrogen and oxygen atoms in total. The van der Waals surface area contributed by atoms with E-state index in [2.05, 4.69) is 5.32 Å². The van der Waals surface area contributed by atoms with Crippen LogP contribution in [0.2, 0.25) is 0 Å². The highest BCUT2D eigenvalue weighted by molar-refractivity contribution is 5.42. The van der Waals surface area contributed by atoms with E-state index in [0.29, 0.717) is 30.1 Å². The van der Waals surface area contributed by atoms with Crippen molar-refractivity contribution >= 4 is 0 Å². The number of hydrogen-bond donors (Lipinski definition) is 2. The molecule has 3 N–H and O–H groups in total. The minimum Gasteiger partial charge on any atom is -0.493 e. The number of aliphatic hydroxyl groups is 1. The summed E-state index contributed by atoms with van der Waals surface area (Å²) in [4.78, 5) is 0. The summed E-state index contributed by atoms with van der Waals surface area (Å²) in [5.74, 6) is 4.40. The molecule has 0 amide bonds. The van der Waals surface area contributed by atoms with E-state index in [1.807, 2.05) is 18.2 Å². The van der Waals surface area contributed by atoms with E-state index >= 15 is 0 Å². The van der Waals surface area contributed by atoms with E-state index in [1.54, 1.807) is 14.2 Å². The van der Waals surface area contributed by atoms with Crippen molar-refractivity contribution in [1.29, 1.82) is 0 Å². The molecule has 0 aliphatic heterocycles. The van der Waals surface area contributed by atoms with Gasteiger partial charge in [0.15, 0.2) is 11.5 Å². The van der Waals surface area contributed by atoms with Crippen molar-refractivity contribution in [3.8, 4) is 11.5 Å². The average Bonchev–Trinajstić information content (AvgIpc) is 2.66. The lowest BCUT2D eigenvalue weighted by Gasteiger charge is -2.56. The highest BCUT2D eigenvalue weighted by atomic mass is 16.5. The SMILES string of the molecule is COc1ccc(COC[C@H](O)C[NH2+]CC23CC4CC(CC(C4)C2)C3)cc1OC. The third-order valence-corrected chi connectivity index (χ3v) is 7.21. The predicted octanol–water partition coefficient (Wildman–Crippen LogP) is 2.36. The van der Waals surface area contributed by atoms with E-state index in [9.17, 15) is 5.11 Å². The first kappa shape index (κ1) is 20.0. The van der Waals surface area contributed by atoms with Gasteiger partial charge in [-0.25, -0.2) is 0 Å². The Balaban J connectivity index is 1.17. The third-order valence-electron chi connectivity index (χ3n) is 7.21. The summed E-state index contributed by atoms with van der Waals surface area (Å²) in [6, 6.07) is 5.77. The maximum Gasteiger partial charge on any atom is 0.161 e. The topological polar surface area (TPSA) is 64.5 Å². The van der Waals surface area contributed by atoms with Crippen LogP contribution in [0.1, 0.15) is 44.1 Å². The number of benzene rings is 1. The summed E-state index contributed by atoms with van der Waals surface area (Å²) in [5, 5.41) is 12.7. The summed E-state index contributed by atoms with van der Waals surface area (Å²) in [5.41, 5.74) is 1.58. The number of rotatable bonds is 10. The van der Waals surface area contributed by atoms with Gasteiger partial charge >= 0.3 is 0 Å². The van der Waals surface area contributed by atoms with Crippen LogP contribution < -0.4 is 14.8 Å². The van der Waals surface area contributed by atoms with Gasteiger partial charge in [0.25, 0.3) is 0 Å². The Hall–Kier alpha value is -1.30. The fourth-order valence-corrected chi connectivity index (χ4v) is 6.47. The third kappa shape index (κ3) is 4.47. The fourth-order valence-electron chi connectivity index (χ4n) is 6.47. The number of nitrogens with two attached hydrogens (primary N) is 1. The van der Waals surface area contributed by atoms with Crippen molar-refractivity contribution in [2.45, 2.75) is 51.2 Å². The van der Waals surface area contributed by atoms with Crippen LogP contribution in [0.25, 0.3) is 0 Å². The molecule has 1 atom stereocenters. The molecule has 0 radical (unpaired) electrons. The van der Waals surface area contributed by atoms with Gasteiger partial charge in [0, 0.05) is 5.41 Å². The van der Waals surface area contributed by atoms with Gasteiger partial charge in [0.05, 0.1) is 34.0 Å². The molecular formula is C23H36NO4+. The number of methoxy groups -OCH3 is 2. The van der Waals surface area contributed by atoms with Gasteiger partial charge in [0.1, 0.15) is 12.6 Å². The zero-order valence-corrected chi connectivity index (χ0v) is 17.4. The van der Waals surface area contributed by atoms with Crippen molar-refractivity contribution in [3.05, 3.63) is 23.8 Å². The van der Waals surface area contributed by atoms with Crippen LogP contribution in [-0.2, 0) is 11.3 Å². The maximum absolute atomic E-state index is 10.3. The molecular weight excluding hydrogens is 354 g/mol. The molecule has 1 aromatic carbocycles. The molecule has 0 saturated heterocycles. The molecule has 0 heterocycles. The Bertz CT molecular complexity index is 627. The average molecular weight is 391 g/mol. The van der Waals surface area contributed by atoms with E-state index in [0.717, 1.165) is 29.9 Å².